The molecule has 0 unspecified atom stereocenters. The van der Waals surface area contributed by atoms with E-state index in [9.17, 15) is 4.79 Å². The van der Waals surface area contributed by atoms with Crippen LogP contribution in [0.1, 0.15) is 23.8 Å². The molecule has 108 valence electrons. The Morgan fingerprint density at radius 1 is 1.40 bits per heavy atom. The Labute approximate surface area is 122 Å². The molecule has 2 heterocycles. The first-order valence-electron chi connectivity index (χ1n) is 6.64. The lowest BCUT2D eigenvalue weighted by atomic mass is 10.4. The van der Waals surface area contributed by atoms with Crippen molar-refractivity contribution in [3.63, 3.8) is 0 Å². The summed E-state index contributed by atoms with van der Waals surface area (Å²) in [5, 5.41) is 12.8. The van der Waals surface area contributed by atoms with Gasteiger partial charge < -0.3 is 10.6 Å². The van der Waals surface area contributed by atoms with Gasteiger partial charge in [0.25, 0.3) is 5.91 Å². The summed E-state index contributed by atoms with van der Waals surface area (Å²) in [6, 6.07) is 0. The van der Waals surface area contributed by atoms with E-state index >= 15 is 0 Å². The number of carbonyl (C=O) groups is 1. The van der Waals surface area contributed by atoms with Crippen LogP contribution in [0, 0.1) is 0 Å². The van der Waals surface area contributed by atoms with Gasteiger partial charge in [-0.25, -0.2) is 4.98 Å². The van der Waals surface area contributed by atoms with Crippen molar-refractivity contribution in [1.29, 1.82) is 0 Å². The van der Waals surface area contributed by atoms with Gasteiger partial charge in [0.2, 0.25) is 0 Å². The maximum absolute atomic E-state index is 11.9. The summed E-state index contributed by atoms with van der Waals surface area (Å²) in [7, 11) is 1.86. The third-order valence-electron chi connectivity index (χ3n) is 2.70. The first-order chi connectivity index (χ1) is 9.70. The van der Waals surface area contributed by atoms with Crippen LogP contribution in [0.15, 0.2) is 17.8 Å². The average molecular weight is 293 g/mol. The first-order valence-corrected chi connectivity index (χ1v) is 7.52. The van der Waals surface area contributed by atoms with Crippen LogP contribution >= 0.6 is 11.3 Å². The molecule has 0 atom stereocenters. The number of hydrogen-bond acceptors (Lipinski definition) is 5. The second-order valence-corrected chi connectivity index (χ2v) is 5.30. The molecule has 0 fully saturated rings. The van der Waals surface area contributed by atoms with E-state index in [1.807, 2.05) is 13.2 Å². The van der Waals surface area contributed by atoms with Gasteiger partial charge in [-0.1, -0.05) is 6.92 Å². The number of rotatable bonds is 7. The number of carbonyl (C=O) groups excluding carboxylic acids is 1. The first kappa shape index (κ1) is 14.7. The summed E-state index contributed by atoms with van der Waals surface area (Å²) < 4.78 is 1.72. The number of amides is 1. The van der Waals surface area contributed by atoms with E-state index < -0.39 is 0 Å². The van der Waals surface area contributed by atoms with E-state index in [-0.39, 0.29) is 5.91 Å². The van der Waals surface area contributed by atoms with Gasteiger partial charge in [-0.05, 0) is 13.0 Å². The lowest BCUT2D eigenvalue weighted by molar-refractivity contribution is 0.0950. The minimum Gasteiger partial charge on any atom is -0.349 e. The third kappa shape index (κ3) is 3.88. The smallest absolute Gasteiger partial charge is 0.270 e. The van der Waals surface area contributed by atoms with Gasteiger partial charge in [0.15, 0.2) is 0 Å². The maximum Gasteiger partial charge on any atom is 0.270 e. The normalized spacial score (nSPS) is 10.7. The van der Waals surface area contributed by atoms with Crippen molar-refractivity contribution in [3.05, 3.63) is 23.5 Å². The van der Waals surface area contributed by atoms with E-state index in [0.717, 1.165) is 30.1 Å². The summed E-state index contributed by atoms with van der Waals surface area (Å²) in [4.78, 5) is 16.3. The van der Waals surface area contributed by atoms with Crippen molar-refractivity contribution in [2.75, 3.05) is 19.6 Å². The zero-order valence-corrected chi connectivity index (χ0v) is 12.5. The fourth-order valence-electron chi connectivity index (χ4n) is 1.70. The number of nitrogens with zero attached hydrogens (tertiary/aromatic N) is 3. The van der Waals surface area contributed by atoms with Crippen LogP contribution in [0.25, 0.3) is 10.6 Å². The molecule has 2 aromatic heterocycles. The van der Waals surface area contributed by atoms with Crippen LogP contribution in [0.2, 0.25) is 0 Å². The Morgan fingerprint density at radius 2 is 2.25 bits per heavy atom. The van der Waals surface area contributed by atoms with Crippen LogP contribution < -0.4 is 10.6 Å². The number of nitrogens with one attached hydrogen (secondary N) is 2. The molecule has 2 rings (SSSR count). The van der Waals surface area contributed by atoms with Crippen molar-refractivity contribution < 1.29 is 4.79 Å². The largest absolute Gasteiger partial charge is 0.349 e. The average Bonchev–Trinajstić information content (AvgIpc) is 3.06. The van der Waals surface area contributed by atoms with E-state index in [1.54, 1.807) is 16.3 Å². The third-order valence-corrected chi connectivity index (χ3v) is 3.59. The predicted molar refractivity (Wildman–Crippen MR) is 79.8 cm³/mol. The molecule has 0 saturated heterocycles. The Kier molecular flexibility index (Phi) is 5.25. The van der Waals surface area contributed by atoms with Gasteiger partial charge in [-0.15, -0.1) is 11.3 Å². The lowest BCUT2D eigenvalue weighted by Gasteiger charge is -2.04. The maximum atomic E-state index is 11.9. The molecule has 0 bridgehead atoms. The molecule has 2 aromatic rings. The number of hydrogen-bond donors (Lipinski definition) is 2. The zero-order valence-electron chi connectivity index (χ0n) is 11.7. The minimum absolute atomic E-state index is 0.130. The molecule has 2 N–H and O–H groups in total. The summed E-state index contributed by atoms with van der Waals surface area (Å²) in [6.07, 6.45) is 4.72. The topological polar surface area (TPSA) is 71.8 Å². The fraction of sp³-hybridized carbons (Fsp3) is 0.462. The molecule has 0 spiro atoms. The van der Waals surface area contributed by atoms with E-state index in [0.29, 0.717) is 12.2 Å². The Balaban J connectivity index is 1.87. The van der Waals surface area contributed by atoms with Gasteiger partial charge in [0.1, 0.15) is 10.7 Å². The molecule has 0 aliphatic heterocycles. The van der Waals surface area contributed by atoms with Crippen molar-refractivity contribution in [2.45, 2.75) is 13.3 Å². The standard InChI is InChI=1S/C13H19N5OS/c1-3-4-14-5-6-15-12(19)11-9-20-13(17-11)10-7-16-18(2)8-10/h7-9,14H,3-6H2,1-2H3,(H,15,19). The molecule has 0 aliphatic rings. The van der Waals surface area contributed by atoms with Crippen LogP contribution in [0.4, 0.5) is 0 Å². The summed E-state index contributed by atoms with van der Waals surface area (Å²) in [6.45, 7) is 4.47. The van der Waals surface area contributed by atoms with Gasteiger partial charge in [0, 0.05) is 37.3 Å². The number of aryl methyl sites for hydroxylation is 1. The van der Waals surface area contributed by atoms with Crippen molar-refractivity contribution in [3.8, 4) is 10.6 Å². The Bertz CT molecular complexity index is 563. The highest BCUT2D eigenvalue weighted by Crippen LogP contribution is 2.22. The van der Waals surface area contributed by atoms with Gasteiger partial charge >= 0.3 is 0 Å². The van der Waals surface area contributed by atoms with Crippen LogP contribution in [-0.2, 0) is 7.05 Å². The van der Waals surface area contributed by atoms with Crippen LogP contribution in [0.3, 0.4) is 0 Å². The molecule has 7 heteroatoms. The lowest BCUT2D eigenvalue weighted by Crippen LogP contribution is -2.32. The Morgan fingerprint density at radius 3 is 2.95 bits per heavy atom. The predicted octanol–water partition coefficient (Wildman–Crippen LogP) is 1.27. The molecule has 0 saturated carbocycles. The monoisotopic (exact) mass is 293 g/mol. The van der Waals surface area contributed by atoms with Gasteiger partial charge in [0.05, 0.1) is 6.20 Å². The van der Waals surface area contributed by atoms with Crippen molar-refractivity contribution in [1.82, 2.24) is 25.4 Å². The highest BCUT2D eigenvalue weighted by atomic mass is 32.1. The van der Waals surface area contributed by atoms with Crippen molar-refractivity contribution in [2.24, 2.45) is 7.05 Å². The molecular weight excluding hydrogens is 274 g/mol. The number of thiazole rings is 1. The van der Waals surface area contributed by atoms with E-state index in [1.165, 1.54) is 11.3 Å². The molecule has 0 aromatic carbocycles. The molecular formula is C13H19N5OS. The van der Waals surface area contributed by atoms with Crippen molar-refractivity contribution >= 4 is 17.2 Å². The summed E-state index contributed by atoms with van der Waals surface area (Å²) in [5.74, 6) is -0.130. The highest BCUT2D eigenvalue weighted by molar-refractivity contribution is 7.13. The molecule has 1 amide bonds. The quantitative estimate of drug-likeness (QED) is 0.754. The molecule has 0 aliphatic carbocycles. The second kappa shape index (κ2) is 7.16. The number of aromatic nitrogens is 3. The van der Waals surface area contributed by atoms with Gasteiger partial charge in [-0.2, -0.15) is 5.10 Å². The molecule has 6 nitrogen and oxygen atoms in total. The van der Waals surface area contributed by atoms with Crippen LogP contribution in [0.5, 0.6) is 0 Å². The molecule has 20 heavy (non-hydrogen) atoms. The molecule has 0 radical (unpaired) electrons. The van der Waals surface area contributed by atoms with Crippen LogP contribution in [-0.4, -0.2) is 40.3 Å². The SMILES string of the molecule is CCCNCCNC(=O)c1csc(-c2cnn(C)c2)n1. The highest BCUT2D eigenvalue weighted by Gasteiger charge is 2.12. The minimum atomic E-state index is -0.130. The fourth-order valence-corrected chi connectivity index (χ4v) is 2.47. The second-order valence-electron chi connectivity index (χ2n) is 4.45. The van der Waals surface area contributed by atoms with E-state index in [4.69, 9.17) is 0 Å². The summed E-state index contributed by atoms with van der Waals surface area (Å²) in [5.41, 5.74) is 1.39. The Hall–Kier alpha value is -1.73. The van der Waals surface area contributed by atoms with E-state index in [2.05, 4.69) is 27.6 Å². The van der Waals surface area contributed by atoms with Gasteiger partial charge in [-0.3, -0.25) is 9.48 Å². The summed E-state index contributed by atoms with van der Waals surface area (Å²) >= 11 is 1.45. The zero-order chi connectivity index (χ0) is 14.4.